The quantitative estimate of drug-likeness (QED) is 0.542. The molecule has 20 heavy (non-hydrogen) atoms. The van der Waals surface area contributed by atoms with E-state index >= 15 is 0 Å². The molecule has 1 heterocycles. The number of anilines is 2. The molecule has 0 aliphatic rings. The average Bonchev–Trinajstić information content (AvgIpc) is 2.50. The van der Waals surface area contributed by atoms with Crippen LogP contribution in [0, 0.1) is 0 Å². The van der Waals surface area contributed by atoms with E-state index in [-0.39, 0.29) is 5.91 Å². The summed E-state index contributed by atoms with van der Waals surface area (Å²) in [6.07, 6.45) is 0.400. The van der Waals surface area contributed by atoms with Crippen LogP contribution in [0.25, 0.3) is 10.9 Å². The first kappa shape index (κ1) is 14.0. The number of aromatic nitrogens is 2. The highest BCUT2D eigenvalue weighted by atomic mass is 16.1. The fourth-order valence-electron chi connectivity index (χ4n) is 1.92. The van der Waals surface area contributed by atoms with Gasteiger partial charge in [0.15, 0.2) is 0 Å². The van der Waals surface area contributed by atoms with Gasteiger partial charge in [-0.3, -0.25) is 10.2 Å². The third kappa shape index (κ3) is 2.94. The van der Waals surface area contributed by atoms with Gasteiger partial charge in [-0.2, -0.15) is 4.98 Å². The van der Waals surface area contributed by atoms with Crippen molar-refractivity contribution in [2.45, 2.75) is 6.42 Å². The lowest BCUT2D eigenvalue weighted by molar-refractivity contribution is -0.120. The van der Waals surface area contributed by atoms with Crippen LogP contribution in [0.3, 0.4) is 0 Å². The summed E-state index contributed by atoms with van der Waals surface area (Å²) in [6, 6.07) is 7.68. The average molecular weight is 274 g/mol. The summed E-state index contributed by atoms with van der Waals surface area (Å²) in [5.74, 6) is 6.48. The molecule has 0 unspecified atom stereocenters. The fraction of sp³-hybridized carbons (Fsp3) is 0.308. The minimum Gasteiger partial charge on any atom is -0.359 e. The van der Waals surface area contributed by atoms with Crippen molar-refractivity contribution < 1.29 is 4.79 Å². The van der Waals surface area contributed by atoms with Crippen LogP contribution in [0.1, 0.15) is 6.42 Å². The first-order chi connectivity index (χ1) is 9.65. The van der Waals surface area contributed by atoms with Crippen molar-refractivity contribution in [3.63, 3.8) is 0 Å². The smallest absolute Gasteiger partial charge is 0.239 e. The molecule has 0 aliphatic carbocycles. The number of para-hydroxylation sites is 1. The van der Waals surface area contributed by atoms with E-state index in [1.165, 1.54) is 0 Å². The van der Waals surface area contributed by atoms with Gasteiger partial charge in [-0.25, -0.2) is 10.8 Å². The summed E-state index contributed by atoms with van der Waals surface area (Å²) in [4.78, 5) is 21.9. The predicted molar refractivity (Wildman–Crippen MR) is 79.3 cm³/mol. The summed E-state index contributed by atoms with van der Waals surface area (Å²) < 4.78 is 0. The van der Waals surface area contributed by atoms with E-state index < -0.39 is 0 Å². The molecule has 7 nitrogen and oxygen atoms in total. The Balaban J connectivity index is 2.33. The standard InChI is InChI=1S/C13H18N6O/c1-15-11(20)7-8-19(2)12-9-5-3-4-6-10(9)16-13(17-12)18-14/h3-6H,7-8,14H2,1-2H3,(H,15,20)(H,16,17,18). The van der Waals surface area contributed by atoms with Crippen molar-refractivity contribution in [3.8, 4) is 0 Å². The van der Waals surface area contributed by atoms with Gasteiger partial charge in [-0.05, 0) is 12.1 Å². The second-order valence-electron chi connectivity index (χ2n) is 4.38. The number of nitrogen functional groups attached to an aromatic ring is 1. The lowest BCUT2D eigenvalue weighted by Gasteiger charge is -2.20. The summed E-state index contributed by atoms with van der Waals surface area (Å²) in [5.41, 5.74) is 3.27. The Morgan fingerprint density at radius 2 is 2.10 bits per heavy atom. The van der Waals surface area contributed by atoms with Crippen molar-refractivity contribution in [2.24, 2.45) is 5.84 Å². The third-order valence-electron chi connectivity index (χ3n) is 3.03. The van der Waals surface area contributed by atoms with E-state index in [1.807, 2.05) is 36.2 Å². The molecule has 0 atom stereocenters. The molecule has 1 aromatic heterocycles. The van der Waals surface area contributed by atoms with Crippen molar-refractivity contribution in [1.82, 2.24) is 15.3 Å². The second kappa shape index (κ2) is 6.16. The zero-order chi connectivity index (χ0) is 14.5. The van der Waals surface area contributed by atoms with Crippen molar-refractivity contribution in [3.05, 3.63) is 24.3 Å². The molecule has 0 spiro atoms. The predicted octanol–water partition coefficient (Wildman–Crippen LogP) is 0.488. The van der Waals surface area contributed by atoms with Gasteiger partial charge >= 0.3 is 0 Å². The van der Waals surface area contributed by atoms with Gasteiger partial charge in [-0.1, -0.05) is 12.1 Å². The molecule has 1 amide bonds. The number of nitrogens with zero attached hydrogens (tertiary/aromatic N) is 3. The topological polar surface area (TPSA) is 96.2 Å². The number of rotatable bonds is 5. The number of nitrogens with two attached hydrogens (primary N) is 1. The van der Waals surface area contributed by atoms with Crippen LogP contribution in [0.4, 0.5) is 11.8 Å². The number of nitrogens with one attached hydrogen (secondary N) is 2. The maximum atomic E-state index is 11.3. The van der Waals surface area contributed by atoms with Crippen molar-refractivity contribution >= 4 is 28.6 Å². The lowest BCUT2D eigenvalue weighted by atomic mass is 10.2. The monoisotopic (exact) mass is 274 g/mol. The highest BCUT2D eigenvalue weighted by Gasteiger charge is 2.12. The van der Waals surface area contributed by atoms with E-state index in [9.17, 15) is 4.79 Å². The first-order valence-corrected chi connectivity index (χ1v) is 6.31. The molecule has 0 radical (unpaired) electrons. The minimum absolute atomic E-state index is 0.00705. The maximum absolute atomic E-state index is 11.3. The molecule has 0 bridgehead atoms. The van der Waals surface area contributed by atoms with Crippen LogP contribution in [-0.4, -0.2) is 36.5 Å². The first-order valence-electron chi connectivity index (χ1n) is 6.31. The van der Waals surface area contributed by atoms with Gasteiger partial charge in [-0.15, -0.1) is 0 Å². The summed E-state index contributed by atoms with van der Waals surface area (Å²) >= 11 is 0. The number of carbonyl (C=O) groups is 1. The van der Waals surface area contributed by atoms with Gasteiger partial charge in [0.2, 0.25) is 11.9 Å². The van der Waals surface area contributed by atoms with Crippen LogP contribution >= 0.6 is 0 Å². The molecule has 0 aliphatic heterocycles. The van der Waals surface area contributed by atoms with E-state index in [4.69, 9.17) is 5.84 Å². The summed E-state index contributed by atoms with van der Waals surface area (Å²) in [5, 5.41) is 3.52. The van der Waals surface area contributed by atoms with E-state index in [1.54, 1.807) is 7.05 Å². The number of hydrogen-bond donors (Lipinski definition) is 3. The maximum Gasteiger partial charge on any atom is 0.239 e. The number of fused-ring (bicyclic) bond motifs is 1. The third-order valence-corrected chi connectivity index (χ3v) is 3.03. The Bertz CT molecular complexity index is 615. The van der Waals surface area contributed by atoms with Gasteiger partial charge in [0.1, 0.15) is 5.82 Å². The zero-order valence-corrected chi connectivity index (χ0v) is 11.6. The molecular weight excluding hydrogens is 256 g/mol. The molecule has 0 saturated carbocycles. The molecule has 0 saturated heterocycles. The lowest BCUT2D eigenvalue weighted by Crippen LogP contribution is -2.27. The van der Waals surface area contributed by atoms with Gasteiger partial charge in [0.05, 0.1) is 5.52 Å². The molecule has 4 N–H and O–H groups in total. The Kier molecular flexibility index (Phi) is 4.31. The molecule has 2 rings (SSSR count). The molecule has 2 aromatic rings. The number of hydrazine groups is 1. The molecule has 106 valence electrons. The number of benzene rings is 1. The second-order valence-corrected chi connectivity index (χ2v) is 4.38. The molecular formula is C13H18N6O. The van der Waals surface area contributed by atoms with Crippen LogP contribution in [-0.2, 0) is 4.79 Å². The van der Waals surface area contributed by atoms with Crippen molar-refractivity contribution in [1.29, 1.82) is 0 Å². The molecule has 1 aromatic carbocycles. The number of amides is 1. The Hall–Kier alpha value is -2.41. The van der Waals surface area contributed by atoms with Gasteiger partial charge in [0, 0.05) is 32.4 Å². The van der Waals surface area contributed by atoms with E-state index in [0.29, 0.717) is 18.9 Å². The summed E-state index contributed by atoms with van der Waals surface area (Å²) in [6.45, 7) is 0.560. The van der Waals surface area contributed by atoms with Crippen LogP contribution in [0.15, 0.2) is 24.3 Å². The largest absolute Gasteiger partial charge is 0.359 e. The van der Waals surface area contributed by atoms with E-state index in [0.717, 1.165) is 16.7 Å². The Labute approximate surface area is 117 Å². The normalized spacial score (nSPS) is 10.3. The van der Waals surface area contributed by atoms with E-state index in [2.05, 4.69) is 20.7 Å². The Morgan fingerprint density at radius 3 is 2.80 bits per heavy atom. The highest BCUT2D eigenvalue weighted by Crippen LogP contribution is 2.24. The van der Waals surface area contributed by atoms with Gasteiger partial charge < -0.3 is 10.2 Å². The van der Waals surface area contributed by atoms with Crippen LogP contribution in [0.5, 0.6) is 0 Å². The zero-order valence-electron chi connectivity index (χ0n) is 11.6. The minimum atomic E-state index is -0.00705. The highest BCUT2D eigenvalue weighted by molar-refractivity contribution is 5.90. The Morgan fingerprint density at radius 1 is 1.35 bits per heavy atom. The fourth-order valence-corrected chi connectivity index (χ4v) is 1.92. The van der Waals surface area contributed by atoms with Crippen molar-refractivity contribution in [2.75, 3.05) is 31.0 Å². The molecule has 7 heteroatoms. The number of carbonyl (C=O) groups excluding carboxylic acids is 1. The summed E-state index contributed by atoms with van der Waals surface area (Å²) in [7, 11) is 3.51. The van der Waals surface area contributed by atoms with Crippen LogP contribution < -0.4 is 21.5 Å². The number of hydrogen-bond acceptors (Lipinski definition) is 6. The molecule has 0 fully saturated rings. The van der Waals surface area contributed by atoms with Gasteiger partial charge in [0.25, 0.3) is 0 Å². The SMILES string of the molecule is CNC(=O)CCN(C)c1nc(NN)nc2ccccc12. The van der Waals surface area contributed by atoms with Crippen LogP contribution in [0.2, 0.25) is 0 Å².